The third-order valence-corrected chi connectivity index (χ3v) is 3.64. The molecule has 1 N–H and O–H groups in total. The number of aromatic nitrogens is 1. The molecular formula is C14H18N2OS. The first-order chi connectivity index (χ1) is 8.83. The topological polar surface area (TPSA) is 34.1 Å². The molecule has 0 aliphatic carbocycles. The van der Waals surface area contributed by atoms with Crippen LogP contribution in [0.3, 0.4) is 0 Å². The molecule has 1 aromatic carbocycles. The lowest BCUT2D eigenvalue weighted by atomic mass is 10.1. The van der Waals surface area contributed by atoms with Gasteiger partial charge in [0.05, 0.1) is 0 Å². The molecule has 0 bridgehead atoms. The van der Waals surface area contributed by atoms with Crippen molar-refractivity contribution >= 4 is 11.3 Å². The Kier molecular flexibility index (Phi) is 4.73. The lowest BCUT2D eigenvalue weighted by Gasteiger charge is -2.14. The number of hydrogen-bond acceptors (Lipinski definition) is 4. The summed E-state index contributed by atoms with van der Waals surface area (Å²) in [6.45, 7) is 2.72. The number of benzene rings is 1. The lowest BCUT2D eigenvalue weighted by molar-refractivity contribution is 0.305. The molecule has 1 heterocycles. The van der Waals surface area contributed by atoms with Gasteiger partial charge in [0.25, 0.3) is 0 Å². The van der Waals surface area contributed by atoms with E-state index in [9.17, 15) is 0 Å². The van der Waals surface area contributed by atoms with E-state index in [1.165, 1.54) is 5.56 Å². The van der Waals surface area contributed by atoms with E-state index in [4.69, 9.17) is 4.74 Å². The van der Waals surface area contributed by atoms with Crippen molar-refractivity contribution in [1.82, 2.24) is 10.3 Å². The van der Waals surface area contributed by atoms with E-state index in [0.29, 0.717) is 12.6 Å². The summed E-state index contributed by atoms with van der Waals surface area (Å²) in [6.07, 6.45) is 2.88. The molecule has 2 rings (SSSR count). The van der Waals surface area contributed by atoms with E-state index in [0.717, 1.165) is 17.2 Å². The minimum absolute atomic E-state index is 0.415. The molecule has 1 aromatic heterocycles. The van der Waals surface area contributed by atoms with Gasteiger partial charge in [-0.05, 0) is 31.2 Å². The van der Waals surface area contributed by atoms with Gasteiger partial charge in [-0.3, -0.25) is 0 Å². The Labute approximate surface area is 112 Å². The summed E-state index contributed by atoms with van der Waals surface area (Å²) < 4.78 is 5.68. The first kappa shape index (κ1) is 13.1. The zero-order valence-electron chi connectivity index (χ0n) is 10.7. The van der Waals surface area contributed by atoms with Gasteiger partial charge in [-0.2, -0.15) is 0 Å². The van der Waals surface area contributed by atoms with Gasteiger partial charge in [0.2, 0.25) is 0 Å². The molecule has 1 unspecified atom stereocenters. The summed E-state index contributed by atoms with van der Waals surface area (Å²) in [5.74, 6) is 0.889. The smallest absolute Gasteiger partial charge is 0.140 e. The largest absolute Gasteiger partial charge is 0.486 e. The minimum Gasteiger partial charge on any atom is -0.486 e. The second-order valence-corrected chi connectivity index (χ2v) is 5.01. The highest BCUT2D eigenvalue weighted by atomic mass is 32.1. The highest BCUT2D eigenvalue weighted by Gasteiger charge is 2.06. The van der Waals surface area contributed by atoms with Crippen molar-refractivity contribution in [3.63, 3.8) is 0 Å². The van der Waals surface area contributed by atoms with E-state index >= 15 is 0 Å². The SMILES string of the molecule is CCC(NC)c1ccc(OCc2nccs2)cc1. The normalized spacial score (nSPS) is 12.3. The molecule has 0 aliphatic rings. The Morgan fingerprint density at radius 3 is 2.67 bits per heavy atom. The highest BCUT2D eigenvalue weighted by molar-refractivity contribution is 7.09. The first-order valence-corrected chi connectivity index (χ1v) is 7.00. The van der Waals surface area contributed by atoms with Gasteiger partial charge in [0.1, 0.15) is 17.4 Å². The zero-order valence-corrected chi connectivity index (χ0v) is 11.5. The summed E-state index contributed by atoms with van der Waals surface area (Å²) in [5.41, 5.74) is 1.29. The standard InChI is InChI=1S/C14H18N2OS/c1-3-13(15-2)11-4-6-12(7-5-11)17-10-14-16-8-9-18-14/h4-9,13,15H,3,10H2,1-2H3. The Morgan fingerprint density at radius 2 is 2.11 bits per heavy atom. The van der Waals surface area contributed by atoms with E-state index in [2.05, 4.69) is 29.4 Å². The molecule has 0 saturated heterocycles. The van der Waals surface area contributed by atoms with Crippen molar-refractivity contribution in [3.8, 4) is 5.75 Å². The van der Waals surface area contributed by atoms with Crippen LogP contribution in [0.4, 0.5) is 0 Å². The Morgan fingerprint density at radius 1 is 1.33 bits per heavy atom. The second kappa shape index (κ2) is 6.52. The maximum atomic E-state index is 5.68. The van der Waals surface area contributed by atoms with Gasteiger partial charge in [-0.15, -0.1) is 11.3 Å². The first-order valence-electron chi connectivity index (χ1n) is 6.12. The summed E-state index contributed by atoms with van der Waals surface area (Å²) in [6, 6.07) is 8.67. The quantitative estimate of drug-likeness (QED) is 0.866. The third kappa shape index (κ3) is 3.31. The van der Waals surface area contributed by atoms with Crippen molar-refractivity contribution in [3.05, 3.63) is 46.4 Å². The molecule has 0 amide bonds. The number of nitrogens with one attached hydrogen (secondary N) is 1. The Bertz CT molecular complexity index is 449. The molecular weight excluding hydrogens is 244 g/mol. The van der Waals surface area contributed by atoms with Crippen LogP contribution in [0.15, 0.2) is 35.8 Å². The Balaban J connectivity index is 1.95. The average molecular weight is 262 g/mol. The number of nitrogens with zero attached hydrogens (tertiary/aromatic N) is 1. The highest BCUT2D eigenvalue weighted by Crippen LogP contribution is 2.20. The predicted octanol–water partition coefficient (Wildman–Crippen LogP) is 3.39. The van der Waals surface area contributed by atoms with Gasteiger partial charge < -0.3 is 10.1 Å². The fourth-order valence-electron chi connectivity index (χ4n) is 1.87. The predicted molar refractivity (Wildman–Crippen MR) is 75.0 cm³/mol. The van der Waals surface area contributed by atoms with Gasteiger partial charge in [-0.1, -0.05) is 19.1 Å². The van der Waals surface area contributed by atoms with Gasteiger partial charge in [0, 0.05) is 17.6 Å². The van der Waals surface area contributed by atoms with Gasteiger partial charge in [-0.25, -0.2) is 4.98 Å². The molecule has 1 atom stereocenters. The molecule has 96 valence electrons. The molecule has 3 nitrogen and oxygen atoms in total. The van der Waals surface area contributed by atoms with E-state index in [1.54, 1.807) is 17.5 Å². The number of hydrogen-bond donors (Lipinski definition) is 1. The van der Waals surface area contributed by atoms with E-state index in [1.807, 2.05) is 24.6 Å². The van der Waals surface area contributed by atoms with E-state index < -0.39 is 0 Å². The van der Waals surface area contributed by atoms with Crippen LogP contribution < -0.4 is 10.1 Å². The molecule has 0 saturated carbocycles. The van der Waals surface area contributed by atoms with Crippen molar-refractivity contribution < 1.29 is 4.74 Å². The second-order valence-electron chi connectivity index (χ2n) is 4.03. The summed E-state index contributed by atoms with van der Waals surface area (Å²) in [7, 11) is 1.99. The van der Waals surface area contributed by atoms with Crippen molar-refractivity contribution in [2.45, 2.75) is 26.0 Å². The van der Waals surface area contributed by atoms with Crippen molar-refractivity contribution in [2.24, 2.45) is 0 Å². The lowest BCUT2D eigenvalue weighted by Crippen LogP contribution is -2.14. The van der Waals surface area contributed by atoms with Crippen LogP contribution in [0.5, 0.6) is 5.75 Å². The van der Waals surface area contributed by atoms with E-state index in [-0.39, 0.29) is 0 Å². The molecule has 0 fully saturated rings. The number of rotatable bonds is 6. The zero-order chi connectivity index (χ0) is 12.8. The molecule has 0 aliphatic heterocycles. The number of thiazole rings is 1. The van der Waals surface area contributed by atoms with Crippen molar-refractivity contribution in [2.75, 3.05) is 7.05 Å². The fraction of sp³-hybridized carbons (Fsp3) is 0.357. The molecule has 4 heteroatoms. The summed E-state index contributed by atoms with van der Waals surface area (Å²) in [5, 5.41) is 6.25. The molecule has 18 heavy (non-hydrogen) atoms. The maximum Gasteiger partial charge on any atom is 0.140 e. The van der Waals surface area contributed by atoms with Crippen LogP contribution in [0.1, 0.15) is 30.0 Å². The average Bonchev–Trinajstić information content (AvgIpc) is 2.92. The fourth-order valence-corrected chi connectivity index (χ4v) is 2.40. The van der Waals surface area contributed by atoms with Crippen LogP contribution in [0.2, 0.25) is 0 Å². The summed E-state index contributed by atoms with van der Waals surface area (Å²) >= 11 is 1.61. The number of ether oxygens (including phenoxy) is 1. The van der Waals surface area contributed by atoms with Crippen LogP contribution in [-0.2, 0) is 6.61 Å². The monoisotopic (exact) mass is 262 g/mol. The molecule has 2 aromatic rings. The third-order valence-electron chi connectivity index (χ3n) is 2.88. The van der Waals surface area contributed by atoms with Crippen LogP contribution >= 0.6 is 11.3 Å². The van der Waals surface area contributed by atoms with Crippen LogP contribution in [-0.4, -0.2) is 12.0 Å². The molecule has 0 radical (unpaired) electrons. The maximum absolute atomic E-state index is 5.68. The Hall–Kier alpha value is -1.39. The molecule has 0 spiro atoms. The van der Waals surface area contributed by atoms with Gasteiger partial charge in [0.15, 0.2) is 0 Å². The summed E-state index contributed by atoms with van der Waals surface area (Å²) in [4.78, 5) is 4.19. The minimum atomic E-state index is 0.415. The van der Waals surface area contributed by atoms with Crippen LogP contribution in [0.25, 0.3) is 0 Å². The van der Waals surface area contributed by atoms with Crippen molar-refractivity contribution in [1.29, 1.82) is 0 Å². The van der Waals surface area contributed by atoms with Crippen LogP contribution in [0, 0.1) is 0 Å². The van der Waals surface area contributed by atoms with Gasteiger partial charge >= 0.3 is 0 Å².